The van der Waals surface area contributed by atoms with E-state index in [2.05, 4.69) is 10.4 Å². The van der Waals surface area contributed by atoms with Crippen molar-refractivity contribution in [3.8, 4) is 28.7 Å². The molecule has 0 atom stereocenters. The third kappa shape index (κ3) is 6.01. The Kier molecular flexibility index (Phi) is 7.02. The summed E-state index contributed by atoms with van der Waals surface area (Å²) in [6, 6.07) is 17.3. The van der Waals surface area contributed by atoms with E-state index in [-0.39, 0.29) is 41.3 Å². The van der Waals surface area contributed by atoms with Gasteiger partial charge in [0.1, 0.15) is 18.1 Å². The SMILES string of the molecule is CC(C)(O)COc1ccc2c(C(=O)NC3CC4(C3)CC(Oc3ccc(-c5cc(C#N)cc([N+](=O)[O-])c5)cc3)C4)cnn2c1. The van der Waals surface area contributed by atoms with Crippen molar-refractivity contribution in [3.05, 3.63) is 88.2 Å². The van der Waals surface area contributed by atoms with E-state index in [9.17, 15) is 25.3 Å². The Bertz CT molecular complexity index is 1740. The van der Waals surface area contributed by atoms with Gasteiger partial charge in [0.2, 0.25) is 0 Å². The molecule has 4 aromatic rings. The van der Waals surface area contributed by atoms with Crippen molar-refractivity contribution in [1.82, 2.24) is 14.9 Å². The third-order valence-electron chi connectivity index (χ3n) is 8.09. The number of rotatable bonds is 9. The quantitative estimate of drug-likeness (QED) is 0.206. The molecule has 0 bridgehead atoms. The number of nitrogens with one attached hydrogen (secondary N) is 1. The number of aromatic nitrogens is 2. The largest absolute Gasteiger partial charge is 0.490 e. The summed E-state index contributed by atoms with van der Waals surface area (Å²) in [5.74, 6) is 1.12. The Morgan fingerprint density at radius 1 is 1.14 bits per heavy atom. The van der Waals surface area contributed by atoms with Crippen molar-refractivity contribution >= 4 is 17.1 Å². The number of ether oxygens (including phenoxy) is 2. The number of nitriles is 1. The second kappa shape index (κ2) is 10.7. The van der Waals surface area contributed by atoms with Gasteiger partial charge in [0, 0.05) is 18.2 Å². The number of benzene rings is 2. The van der Waals surface area contributed by atoms with E-state index in [0.29, 0.717) is 22.4 Å². The molecule has 2 aliphatic carbocycles. The second-order valence-electron chi connectivity index (χ2n) is 12.2. The van der Waals surface area contributed by atoms with Crippen LogP contribution in [-0.2, 0) is 0 Å². The van der Waals surface area contributed by atoms with Crippen molar-refractivity contribution < 1.29 is 24.3 Å². The summed E-state index contributed by atoms with van der Waals surface area (Å²) < 4.78 is 13.4. The molecule has 0 radical (unpaired) electrons. The highest BCUT2D eigenvalue weighted by molar-refractivity contribution is 6.00. The van der Waals surface area contributed by atoms with Crippen LogP contribution in [0.3, 0.4) is 0 Å². The number of non-ortho nitro benzene ring substituents is 1. The van der Waals surface area contributed by atoms with E-state index in [1.165, 1.54) is 12.1 Å². The number of hydrogen-bond donors (Lipinski definition) is 2. The summed E-state index contributed by atoms with van der Waals surface area (Å²) in [6.07, 6.45) is 6.98. The van der Waals surface area contributed by atoms with Gasteiger partial charge in [-0.2, -0.15) is 10.4 Å². The van der Waals surface area contributed by atoms with E-state index in [0.717, 1.165) is 37.0 Å². The Morgan fingerprint density at radius 2 is 1.86 bits per heavy atom. The van der Waals surface area contributed by atoms with Crippen LogP contribution in [0, 0.1) is 26.9 Å². The fourth-order valence-corrected chi connectivity index (χ4v) is 6.03. The van der Waals surface area contributed by atoms with Crippen LogP contribution < -0.4 is 14.8 Å². The van der Waals surface area contributed by atoms with Gasteiger partial charge in [-0.05, 0) is 86.4 Å². The fraction of sp³-hybridized carbons (Fsp3) is 0.344. The molecule has 1 spiro atoms. The van der Waals surface area contributed by atoms with Crippen LogP contribution in [0.25, 0.3) is 16.6 Å². The first kappa shape index (κ1) is 28.2. The standard InChI is InChI=1S/C32H31N5O6/c1-31(2,39)19-42-26-7-8-29-28(17-34-36(29)18-26)30(38)35-23-12-32(13-23)14-27(15-32)43-25-5-3-21(4-6-25)22-9-20(16-33)10-24(11-22)37(40)41/h3-11,17-18,23,27,39H,12-15,19H2,1-2H3,(H,35,38). The smallest absolute Gasteiger partial charge is 0.271 e. The lowest BCUT2D eigenvalue weighted by Gasteiger charge is -2.57. The molecule has 11 heteroatoms. The number of carbonyl (C=O) groups excluding carboxylic acids is 1. The van der Waals surface area contributed by atoms with E-state index < -0.39 is 10.5 Å². The number of aliphatic hydroxyl groups is 1. The average molecular weight is 582 g/mol. The van der Waals surface area contributed by atoms with Gasteiger partial charge in [0.05, 0.1) is 51.7 Å². The molecule has 43 heavy (non-hydrogen) atoms. The van der Waals surface area contributed by atoms with Crippen LogP contribution in [-0.4, -0.2) is 49.9 Å². The molecule has 2 aromatic heterocycles. The minimum atomic E-state index is -0.954. The number of pyridine rings is 1. The second-order valence-corrected chi connectivity index (χ2v) is 12.2. The van der Waals surface area contributed by atoms with Crippen LogP contribution in [0.1, 0.15) is 55.5 Å². The Morgan fingerprint density at radius 3 is 2.53 bits per heavy atom. The van der Waals surface area contributed by atoms with Gasteiger partial charge in [-0.15, -0.1) is 0 Å². The molecule has 0 aliphatic heterocycles. The minimum absolute atomic E-state index is 0.0953. The monoisotopic (exact) mass is 581 g/mol. The zero-order valence-corrected chi connectivity index (χ0v) is 23.8. The molecule has 11 nitrogen and oxygen atoms in total. The van der Waals surface area contributed by atoms with Gasteiger partial charge in [-0.3, -0.25) is 14.9 Å². The van der Waals surface area contributed by atoms with Crippen molar-refractivity contribution in [1.29, 1.82) is 5.26 Å². The van der Waals surface area contributed by atoms with Gasteiger partial charge >= 0.3 is 0 Å². The molecule has 1 amide bonds. The summed E-state index contributed by atoms with van der Waals surface area (Å²) in [6.45, 7) is 3.48. The van der Waals surface area contributed by atoms with Crippen LogP contribution in [0.4, 0.5) is 5.69 Å². The first-order chi connectivity index (χ1) is 20.5. The maximum atomic E-state index is 13.0. The van der Waals surface area contributed by atoms with Crippen LogP contribution in [0.2, 0.25) is 0 Å². The summed E-state index contributed by atoms with van der Waals surface area (Å²) in [5, 5.41) is 37.7. The van der Waals surface area contributed by atoms with Gasteiger partial charge in [-0.1, -0.05) is 12.1 Å². The summed E-state index contributed by atoms with van der Waals surface area (Å²) >= 11 is 0. The topological polar surface area (TPSA) is 152 Å². The van der Waals surface area contributed by atoms with E-state index >= 15 is 0 Å². The Balaban J connectivity index is 0.989. The van der Waals surface area contributed by atoms with Crippen molar-refractivity contribution in [2.24, 2.45) is 5.41 Å². The minimum Gasteiger partial charge on any atom is -0.490 e. The molecular weight excluding hydrogens is 550 g/mol. The normalized spacial score (nSPS) is 21.0. The molecule has 2 fully saturated rings. The lowest BCUT2D eigenvalue weighted by atomic mass is 9.53. The van der Waals surface area contributed by atoms with Gasteiger partial charge in [0.15, 0.2) is 0 Å². The highest BCUT2D eigenvalue weighted by Crippen LogP contribution is 2.56. The predicted octanol–water partition coefficient (Wildman–Crippen LogP) is 5.05. The number of fused-ring (bicyclic) bond motifs is 1. The molecule has 2 N–H and O–H groups in total. The molecule has 2 aromatic carbocycles. The number of nitro groups is 1. The first-order valence-electron chi connectivity index (χ1n) is 14.1. The fourth-order valence-electron chi connectivity index (χ4n) is 6.03. The number of amides is 1. The number of nitro benzene ring substituents is 1. The van der Waals surface area contributed by atoms with E-state index in [4.69, 9.17) is 9.47 Å². The summed E-state index contributed by atoms with van der Waals surface area (Å²) in [5.41, 5.74) is 1.90. The zero-order valence-electron chi connectivity index (χ0n) is 23.8. The molecule has 0 unspecified atom stereocenters. The highest BCUT2D eigenvalue weighted by atomic mass is 16.6. The van der Waals surface area contributed by atoms with Crippen LogP contribution in [0.15, 0.2) is 67.0 Å². The Hall–Kier alpha value is -4.95. The third-order valence-corrected chi connectivity index (χ3v) is 8.09. The average Bonchev–Trinajstić information content (AvgIpc) is 3.37. The number of carbonyl (C=O) groups is 1. The molecule has 2 saturated carbocycles. The van der Waals surface area contributed by atoms with Crippen molar-refractivity contribution in [3.63, 3.8) is 0 Å². The van der Waals surface area contributed by atoms with Gasteiger partial charge in [-0.25, -0.2) is 4.52 Å². The van der Waals surface area contributed by atoms with Crippen LogP contribution >= 0.6 is 0 Å². The molecule has 0 saturated heterocycles. The maximum Gasteiger partial charge on any atom is 0.271 e. The first-order valence-corrected chi connectivity index (χ1v) is 14.1. The molecule has 6 rings (SSSR count). The molecular formula is C32H31N5O6. The summed E-state index contributed by atoms with van der Waals surface area (Å²) in [7, 11) is 0. The Labute approximate surface area is 247 Å². The highest BCUT2D eigenvalue weighted by Gasteiger charge is 2.54. The lowest BCUT2D eigenvalue weighted by molar-refractivity contribution is -0.384. The van der Waals surface area contributed by atoms with E-state index in [1.807, 2.05) is 30.3 Å². The number of hydrogen-bond acceptors (Lipinski definition) is 8. The predicted molar refractivity (Wildman–Crippen MR) is 157 cm³/mol. The van der Waals surface area contributed by atoms with Crippen LogP contribution in [0.5, 0.6) is 11.5 Å². The molecule has 2 heterocycles. The maximum absolute atomic E-state index is 13.0. The molecule has 220 valence electrons. The van der Waals surface area contributed by atoms with Gasteiger partial charge in [0.25, 0.3) is 11.6 Å². The van der Waals surface area contributed by atoms with Crippen molar-refractivity contribution in [2.45, 2.75) is 57.3 Å². The van der Waals surface area contributed by atoms with Crippen molar-refractivity contribution in [2.75, 3.05) is 6.61 Å². The van der Waals surface area contributed by atoms with Gasteiger partial charge < -0.3 is 19.9 Å². The summed E-state index contributed by atoms with van der Waals surface area (Å²) in [4.78, 5) is 23.7. The van der Waals surface area contributed by atoms with E-state index in [1.54, 1.807) is 49.0 Å². The number of nitrogens with zero attached hydrogens (tertiary/aromatic N) is 4. The zero-order chi connectivity index (χ0) is 30.4. The molecule has 2 aliphatic rings. The lowest BCUT2D eigenvalue weighted by Crippen LogP contribution is -2.58.